The minimum Gasteiger partial charge on any atom is -0.476 e. The molecule has 2 aromatic heterocycles. The van der Waals surface area contributed by atoms with Crippen molar-refractivity contribution in [2.24, 2.45) is 0 Å². The van der Waals surface area contributed by atoms with E-state index < -0.39 is 12.3 Å². The Balaban J connectivity index is 1.47. The van der Waals surface area contributed by atoms with Gasteiger partial charge in [-0.2, -0.15) is 13.2 Å². The van der Waals surface area contributed by atoms with Crippen molar-refractivity contribution in [3.8, 4) is 17.0 Å². The maximum Gasteiger partial charge on any atom is 0.429 e. The Kier molecular flexibility index (Phi) is 7.15. The smallest absolute Gasteiger partial charge is 0.429 e. The summed E-state index contributed by atoms with van der Waals surface area (Å²) in [4.78, 5) is 26.4. The Bertz CT molecular complexity index is 1160. The Morgan fingerprint density at radius 3 is 2.54 bits per heavy atom. The van der Waals surface area contributed by atoms with E-state index in [1.165, 1.54) is 18.3 Å². The number of carbonyl (C=O) groups excluding carboxylic acids is 1. The molecule has 0 saturated carbocycles. The number of amides is 1. The van der Waals surface area contributed by atoms with Gasteiger partial charge in [-0.15, -0.1) is 0 Å². The Labute approximate surface area is 200 Å². The maximum atomic E-state index is 13.6. The molecule has 3 N–H and O–H groups in total. The molecule has 3 aromatic rings. The SMILES string of the molecule is CN1CCCC(NC(=O)c2ccnc(-c3ccc(OC(c4cnc(N)nc4)C(F)(F)F)cc3)c2)C1. The van der Waals surface area contributed by atoms with E-state index in [1.54, 1.807) is 24.3 Å². The molecule has 1 aliphatic rings. The largest absolute Gasteiger partial charge is 0.476 e. The lowest BCUT2D eigenvalue weighted by Crippen LogP contribution is -2.46. The number of nitrogens with two attached hydrogens (primary N) is 1. The molecule has 8 nitrogen and oxygen atoms in total. The number of benzene rings is 1. The number of pyridine rings is 1. The number of nitrogens with one attached hydrogen (secondary N) is 1. The second-order valence-electron chi connectivity index (χ2n) is 8.44. The van der Waals surface area contributed by atoms with Crippen LogP contribution < -0.4 is 15.8 Å². The molecular formula is C24H25F3N6O2. The first-order valence-electron chi connectivity index (χ1n) is 11.1. The van der Waals surface area contributed by atoms with Crippen molar-refractivity contribution in [1.82, 2.24) is 25.2 Å². The second-order valence-corrected chi connectivity index (χ2v) is 8.44. The third kappa shape index (κ3) is 6.24. The summed E-state index contributed by atoms with van der Waals surface area (Å²) in [6.45, 7) is 1.81. The van der Waals surface area contributed by atoms with Crippen molar-refractivity contribution in [1.29, 1.82) is 0 Å². The van der Waals surface area contributed by atoms with Crippen LogP contribution in [0.4, 0.5) is 19.1 Å². The van der Waals surface area contributed by atoms with Crippen molar-refractivity contribution in [3.63, 3.8) is 0 Å². The van der Waals surface area contributed by atoms with Gasteiger partial charge in [0.2, 0.25) is 12.1 Å². The van der Waals surface area contributed by atoms with E-state index in [9.17, 15) is 18.0 Å². The number of anilines is 1. The molecule has 0 aliphatic carbocycles. The molecule has 1 aliphatic heterocycles. The third-order valence-electron chi connectivity index (χ3n) is 5.68. The zero-order valence-corrected chi connectivity index (χ0v) is 19.0. The number of alkyl halides is 3. The first kappa shape index (κ1) is 24.4. The molecule has 184 valence electrons. The van der Waals surface area contributed by atoms with Crippen LogP contribution >= 0.6 is 0 Å². The lowest BCUT2D eigenvalue weighted by atomic mass is 10.0. The molecule has 3 heterocycles. The summed E-state index contributed by atoms with van der Waals surface area (Å²) < 4.78 is 46.0. The van der Waals surface area contributed by atoms with E-state index in [0.29, 0.717) is 16.8 Å². The minimum absolute atomic E-state index is 0.00298. The molecule has 4 rings (SSSR count). The van der Waals surface area contributed by atoms with E-state index in [0.717, 1.165) is 38.3 Å². The maximum absolute atomic E-state index is 13.6. The highest BCUT2D eigenvalue weighted by molar-refractivity contribution is 5.95. The molecule has 0 bridgehead atoms. The standard InChI is InChI=1S/C24H25F3N6O2/c1-33-10-2-3-18(14-33)32-22(34)16-8-9-29-20(11-16)15-4-6-19(7-5-15)35-21(24(25,26)27)17-12-30-23(28)31-13-17/h4-9,11-13,18,21H,2-3,10,14H2,1H3,(H,32,34)(H2,28,30,31). The summed E-state index contributed by atoms with van der Waals surface area (Å²) in [7, 11) is 2.02. The van der Waals surface area contributed by atoms with Gasteiger partial charge in [0, 0.05) is 47.9 Å². The van der Waals surface area contributed by atoms with E-state index in [1.807, 2.05) is 7.05 Å². The van der Waals surface area contributed by atoms with Gasteiger partial charge in [0.05, 0.1) is 5.69 Å². The van der Waals surface area contributed by atoms with Crippen molar-refractivity contribution in [2.75, 3.05) is 25.9 Å². The number of hydrogen-bond donors (Lipinski definition) is 2. The molecule has 0 spiro atoms. The average molecular weight is 486 g/mol. The lowest BCUT2D eigenvalue weighted by molar-refractivity contribution is -0.198. The predicted octanol–water partition coefficient (Wildman–Crippen LogP) is 3.63. The fraction of sp³-hybridized carbons (Fsp3) is 0.333. The van der Waals surface area contributed by atoms with Crippen molar-refractivity contribution in [2.45, 2.75) is 31.2 Å². The summed E-state index contributed by atoms with van der Waals surface area (Å²) in [5.41, 5.74) is 6.71. The Hall–Kier alpha value is -3.73. The highest BCUT2D eigenvalue weighted by atomic mass is 19.4. The number of hydrogen-bond acceptors (Lipinski definition) is 7. The van der Waals surface area contributed by atoms with Crippen LogP contribution in [0.15, 0.2) is 55.0 Å². The van der Waals surface area contributed by atoms with Crippen LogP contribution in [0.5, 0.6) is 5.75 Å². The number of nitrogens with zero attached hydrogens (tertiary/aromatic N) is 4. The van der Waals surface area contributed by atoms with Gasteiger partial charge in [-0.3, -0.25) is 9.78 Å². The summed E-state index contributed by atoms with van der Waals surface area (Å²) >= 11 is 0. The van der Waals surface area contributed by atoms with Crippen molar-refractivity contribution >= 4 is 11.9 Å². The van der Waals surface area contributed by atoms with Gasteiger partial charge in [-0.05, 0) is 62.8 Å². The number of rotatable bonds is 6. The molecule has 1 saturated heterocycles. The number of nitrogen functional groups attached to an aromatic ring is 1. The Morgan fingerprint density at radius 1 is 1.17 bits per heavy atom. The zero-order chi connectivity index (χ0) is 25.0. The van der Waals surface area contributed by atoms with E-state index >= 15 is 0 Å². The monoisotopic (exact) mass is 486 g/mol. The highest BCUT2D eigenvalue weighted by Crippen LogP contribution is 2.36. The summed E-state index contributed by atoms with van der Waals surface area (Å²) in [5.74, 6) is -0.315. The van der Waals surface area contributed by atoms with Gasteiger partial charge >= 0.3 is 6.18 Å². The average Bonchev–Trinajstić information content (AvgIpc) is 2.83. The van der Waals surface area contributed by atoms with Crippen LogP contribution in [-0.2, 0) is 0 Å². The summed E-state index contributed by atoms with van der Waals surface area (Å²) in [6.07, 6.45) is -1.48. The van der Waals surface area contributed by atoms with Gasteiger partial charge in [0.15, 0.2) is 0 Å². The van der Waals surface area contributed by atoms with Crippen LogP contribution in [0.25, 0.3) is 11.3 Å². The van der Waals surface area contributed by atoms with Gasteiger partial charge in [-0.1, -0.05) is 0 Å². The molecule has 1 amide bonds. The number of carbonyl (C=O) groups is 1. The molecular weight excluding hydrogens is 461 g/mol. The molecule has 1 fully saturated rings. The van der Waals surface area contributed by atoms with Crippen molar-refractivity contribution in [3.05, 3.63) is 66.1 Å². The molecule has 11 heteroatoms. The second kappa shape index (κ2) is 10.3. The summed E-state index contributed by atoms with van der Waals surface area (Å²) in [5, 5.41) is 3.06. The molecule has 2 unspecified atom stereocenters. The van der Waals surface area contributed by atoms with Crippen LogP contribution in [0, 0.1) is 0 Å². The molecule has 0 radical (unpaired) electrons. The quantitative estimate of drug-likeness (QED) is 0.548. The number of likely N-dealkylation sites (tertiary alicyclic amines) is 1. The Morgan fingerprint density at radius 2 is 1.89 bits per heavy atom. The first-order chi connectivity index (χ1) is 16.7. The van der Waals surface area contributed by atoms with Gasteiger partial charge in [0.1, 0.15) is 5.75 Å². The fourth-order valence-electron chi connectivity index (χ4n) is 3.93. The van der Waals surface area contributed by atoms with Crippen LogP contribution in [0.1, 0.15) is 34.9 Å². The number of aromatic nitrogens is 3. The minimum atomic E-state index is -4.69. The van der Waals surface area contributed by atoms with Crippen LogP contribution in [0.2, 0.25) is 0 Å². The third-order valence-corrected chi connectivity index (χ3v) is 5.68. The number of likely N-dealkylation sites (N-methyl/N-ethyl adjacent to an activating group) is 1. The number of piperidine rings is 1. The van der Waals surface area contributed by atoms with Gasteiger partial charge < -0.3 is 20.7 Å². The van der Waals surface area contributed by atoms with Crippen LogP contribution in [-0.4, -0.2) is 58.1 Å². The van der Waals surface area contributed by atoms with Gasteiger partial charge in [-0.25, -0.2) is 9.97 Å². The van der Waals surface area contributed by atoms with E-state index in [2.05, 4.69) is 25.2 Å². The van der Waals surface area contributed by atoms with Gasteiger partial charge in [0.25, 0.3) is 5.91 Å². The summed E-state index contributed by atoms with van der Waals surface area (Å²) in [6, 6.07) is 9.37. The first-order valence-corrected chi connectivity index (χ1v) is 11.1. The van der Waals surface area contributed by atoms with Crippen molar-refractivity contribution < 1.29 is 22.7 Å². The molecule has 2 atom stereocenters. The topological polar surface area (TPSA) is 106 Å². The molecule has 35 heavy (non-hydrogen) atoms. The number of ether oxygens (including phenoxy) is 1. The fourth-order valence-corrected chi connectivity index (χ4v) is 3.93. The number of halogens is 3. The van der Waals surface area contributed by atoms with E-state index in [4.69, 9.17) is 10.5 Å². The zero-order valence-electron chi connectivity index (χ0n) is 19.0. The highest BCUT2D eigenvalue weighted by Gasteiger charge is 2.43. The lowest BCUT2D eigenvalue weighted by Gasteiger charge is -2.30. The van der Waals surface area contributed by atoms with E-state index in [-0.39, 0.29) is 29.2 Å². The predicted molar refractivity (Wildman–Crippen MR) is 124 cm³/mol. The van der Waals surface area contributed by atoms with Crippen LogP contribution in [0.3, 0.4) is 0 Å². The normalized spacial score (nSPS) is 17.5. The molecule has 1 aromatic carbocycles.